The highest BCUT2D eigenvalue weighted by molar-refractivity contribution is 5.17. The first-order valence-corrected chi connectivity index (χ1v) is 7.61. The summed E-state index contributed by atoms with van der Waals surface area (Å²) in [7, 11) is 0. The molecule has 0 aliphatic carbocycles. The summed E-state index contributed by atoms with van der Waals surface area (Å²) in [5, 5.41) is 9.54. The molecule has 8 nitrogen and oxygen atoms in total. The van der Waals surface area contributed by atoms with Crippen LogP contribution in [0.4, 0.5) is 0 Å². The average molecular weight is 332 g/mol. The molecule has 5 atom stereocenters. The van der Waals surface area contributed by atoms with E-state index in [2.05, 4.69) is 4.98 Å². The maximum atomic E-state index is 12.0. The van der Waals surface area contributed by atoms with Gasteiger partial charge in [0.1, 0.15) is 18.3 Å². The fourth-order valence-electron chi connectivity index (χ4n) is 3.10. The van der Waals surface area contributed by atoms with Crippen LogP contribution in [0.25, 0.3) is 0 Å². The van der Waals surface area contributed by atoms with E-state index in [0.717, 1.165) is 5.56 Å². The first kappa shape index (κ1) is 15.3. The van der Waals surface area contributed by atoms with Gasteiger partial charge in [-0.3, -0.25) is 14.3 Å². The molecule has 0 radical (unpaired) electrons. The number of hydrogen-bond donors (Lipinski definition) is 2. The van der Waals surface area contributed by atoms with E-state index in [1.807, 2.05) is 30.3 Å². The van der Waals surface area contributed by atoms with Crippen LogP contribution in [0.5, 0.6) is 0 Å². The molecule has 24 heavy (non-hydrogen) atoms. The Kier molecular flexibility index (Phi) is 3.81. The van der Waals surface area contributed by atoms with Crippen LogP contribution < -0.4 is 11.2 Å². The van der Waals surface area contributed by atoms with Gasteiger partial charge in [-0.25, -0.2) is 4.79 Å². The molecule has 2 aliphatic heterocycles. The van der Waals surface area contributed by atoms with Gasteiger partial charge in [-0.1, -0.05) is 30.3 Å². The van der Waals surface area contributed by atoms with Crippen molar-refractivity contribution < 1.29 is 19.3 Å². The molecule has 2 N–H and O–H groups in total. The Labute approximate surface area is 136 Å². The zero-order valence-electron chi connectivity index (χ0n) is 12.6. The lowest BCUT2D eigenvalue weighted by atomic mass is 10.1. The Hall–Kier alpha value is -2.26. The minimum absolute atomic E-state index is 0.263. The molecule has 3 heterocycles. The van der Waals surface area contributed by atoms with Gasteiger partial charge in [0.05, 0.1) is 6.61 Å². The predicted molar refractivity (Wildman–Crippen MR) is 81.2 cm³/mol. The second-order valence-electron chi connectivity index (χ2n) is 5.71. The summed E-state index contributed by atoms with van der Waals surface area (Å²) in [6, 6.07) is 10.6. The van der Waals surface area contributed by atoms with E-state index in [1.54, 1.807) is 0 Å². The smallest absolute Gasteiger partial charge is 0.330 e. The van der Waals surface area contributed by atoms with E-state index in [-0.39, 0.29) is 6.61 Å². The Bertz CT molecular complexity index is 832. The molecule has 2 unspecified atom stereocenters. The Morgan fingerprint density at radius 3 is 2.50 bits per heavy atom. The summed E-state index contributed by atoms with van der Waals surface area (Å²) in [5.41, 5.74) is -0.247. The van der Waals surface area contributed by atoms with Crippen molar-refractivity contribution in [2.75, 3.05) is 6.61 Å². The van der Waals surface area contributed by atoms with Crippen molar-refractivity contribution in [3.63, 3.8) is 0 Å². The number of aliphatic hydroxyl groups excluding tert-OH is 1. The molecule has 8 heteroatoms. The number of nitrogens with zero attached hydrogens (tertiary/aromatic N) is 1. The number of H-pyrrole nitrogens is 1. The van der Waals surface area contributed by atoms with Crippen molar-refractivity contribution >= 4 is 0 Å². The quantitative estimate of drug-likeness (QED) is 0.814. The zero-order valence-corrected chi connectivity index (χ0v) is 12.6. The van der Waals surface area contributed by atoms with Crippen molar-refractivity contribution in [2.24, 2.45) is 0 Å². The molecule has 0 amide bonds. The van der Waals surface area contributed by atoms with Gasteiger partial charge in [-0.05, 0) is 0 Å². The number of aromatic amines is 1. The SMILES string of the molecule is O=c1ccn([C@@H]2O[C@H](CO)C3OC(c4ccccc4)O[C@@H]32)c(=O)[nH]1. The molecule has 126 valence electrons. The van der Waals surface area contributed by atoms with Gasteiger partial charge < -0.3 is 19.3 Å². The molecule has 1 aromatic carbocycles. The number of aromatic nitrogens is 2. The highest BCUT2D eigenvalue weighted by Gasteiger charge is 2.53. The highest BCUT2D eigenvalue weighted by atomic mass is 16.8. The fourth-order valence-corrected chi connectivity index (χ4v) is 3.10. The summed E-state index contributed by atoms with van der Waals surface area (Å²) in [6.07, 6.45) is -1.74. The molecule has 0 spiro atoms. The van der Waals surface area contributed by atoms with Gasteiger partial charge in [0.15, 0.2) is 12.5 Å². The normalized spacial score (nSPS) is 32.0. The lowest BCUT2D eigenvalue weighted by molar-refractivity contribution is -0.155. The molecular weight excluding hydrogens is 316 g/mol. The first-order valence-electron chi connectivity index (χ1n) is 7.61. The van der Waals surface area contributed by atoms with E-state index in [1.165, 1.54) is 16.8 Å². The lowest BCUT2D eigenvalue weighted by Crippen LogP contribution is -2.36. The third kappa shape index (κ3) is 2.49. The minimum atomic E-state index is -0.787. The number of fused-ring (bicyclic) bond motifs is 1. The highest BCUT2D eigenvalue weighted by Crippen LogP contribution is 2.43. The Morgan fingerprint density at radius 1 is 1.04 bits per heavy atom. The number of hydrogen-bond acceptors (Lipinski definition) is 6. The van der Waals surface area contributed by atoms with Crippen molar-refractivity contribution in [2.45, 2.75) is 30.8 Å². The van der Waals surface area contributed by atoms with E-state index < -0.39 is 42.1 Å². The summed E-state index contributed by atoms with van der Waals surface area (Å²) in [4.78, 5) is 25.5. The number of benzene rings is 1. The molecule has 2 aliphatic rings. The van der Waals surface area contributed by atoms with Crippen LogP contribution in [0.1, 0.15) is 18.1 Å². The van der Waals surface area contributed by atoms with Crippen molar-refractivity contribution in [3.05, 3.63) is 69.0 Å². The van der Waals surface area contributed by atoms with Gasteiger partial charge >= 0.3 is 5.69 Å². The van der Waals surface area contributed by atoms with Crippen LogP contribution in [-0.4, -0.2) is 39.6 Å². The Balaban J connectivity index is 1.66. The summed E-state index contributed by atoms with van der Waals surface area (Å²) < 4.78 is 18.8. The predicted octanol–water partition coefficient (Wildman–Crippen LogP) is -0.0909. The monoisotopic (exact) mass is 332 g/mol. The molecule has 2 aromatic rings. The molecule has 2 fully saturated rings. The lowest BCUT2D eigenvalue weighted by Gasteiger charge is -2.20. The minimum Gasteiger partial charge on any atom is -0.394 e. The van der Waals surface area contributed by atoms with E-state index in [9.17, 15) is 14.7 Å². The number of nitrogens with one attached hydrogen (secondary N) is 1. The van der Waals surface area contributed by atoms with Crippen LogP contribution >= 0.6 is 0 Å². The molecule has 1 aromatic heterocycles. The topological polar surface area (TPSA) is 103 Å². The summed E-state index contributed by atoms with van der Waals surface area (Å²) in [5.74, 6) is 0. The van der Waals surface area contributed by atoms with E-state index in [0.29, 0.717) is 0 Å². The number of rotatable bonds is 3. The first-order chi connectivity index (χ1) is 11.7. The maximum absolute atomic E-state index is 12.0. The van der Waals surface area contributed by atoms with Gasteiger partial charge in [0.2, 0.25) is 0 Å². The fraction of sp³-hybridized carbons (Fsp3) is 0.375. The third-order valence-electron chi connectivity index (χ3n) is 4.22. The second kappa shape index (κ2) is 5.99. The standard InChI is InChI=1S/C16H16N2O6/c19-8-10-12-13(24-15(23-12)9-4-2-1-3-5-9)14(22-10)18-7-6-11(20)17-16(18)21/h1-7,10,12-15,19H,8H2,(H,17,20,21)/t10-,12?,13+,14-,15?/m1/s1. The van der Waals surface area contributed by atoms with Crippen molar-refractivity contribution in [1.29, 1.82) is 0 Å². The average Bonchev–Trinajstić information content (AvgIpc) is 3.15. The van der Waals surface area contributed by atoms with Crippen LogP contribution in [-0.2, 0) is 14.2 Å². The van der Waals surface area contributed by atoms with Gasteiger partial charge in [0, 0.05) is 17.8 Å². The number of ether oxygens (including phenoxy) is 3. The molecule has 0 bridgehead atoms. The van der Waals surface area contributed by atoms with Crippen LogP contribution in [0.3, 0.4) is 0 Å². The number of aliphatic hydroxyl groups is 1. The Morgan fingerprint density at radius 2 is 1.79 bits per heavy atom. The summed E-state index contributed by atoms with van der Waals surface area (Å²) in [6.45, 7) is -0.263. The molecule has 0 saturated carbocycles. The van der Waals surface area contributed by atoms with Crippen LogP contribution in [0, 0.1) is 0 Å². The zero-order chi connectivity index (χ0) is 16.7. The van der Waals surface area contributed by atoms with E-state index >= 15 is 0 Å². The van der Waals surface area contributed by atoms with Crippen molar-refractivity contribution in [1.82, 2.24) is 9.55 Å². The summed E-state index contributed by atoms with van der Waals surface area (Å²) >= 11 is 0. The van der Waals surface area contributed by atoms with Gasteiger partial charge in [-0.2, -0.15) is 0 Å². The second-order valence-corrected chi connectivity index (χ2v) is 5.71. The largest absolute Gasteiger partial charge is 0.394 e. The molecule has 2 saturated heterocycles. The molecular formula is C16H16N2O6. The van der Waals surface area contributed by atoms with Crippen LogP contribution in [0.2, 0.25) is 0 Å². The van der Waals surface area contributed by atoms with Gasteiger partial charge in [-0.15, -0.1) is 0 Å². The van der Waals surface area contributed by atoms with E-state index in [4.69, 9.17) is 14.2 Å². The van der Waals surface area contributed by atoms with Gasteiger partial charge in [0.25, 0.3) is 5.56 Å². The van der Waals surface area contributed by atoms with Crippen molar-refractivity contribution in [3.8, 4) is 0 Å². The molecule has 4 rings (SSSR count). The maximum Gasteiger partial charge on any atom is 0.330 e. The third-order valence-corrected chi connectivity index (χ3v) is 4.22. The van der Waals surface area contributed by atoms with Crippen LogP contribution in [0.15, 0.2) is 52.2 Å².